The molecule has 122 valence electrons. The Bertz CT molecular complexity index is 748. The summed E-state index contributed by atoms with van der Waals surface area (Å²) in [4.78, 5) is 10.7. The molecule has 6 nitrogen and oxygen atoms in total. The first-order valence-corrected chi connectivity index (χ1v) is 9.35. The highest BCUT2D eigenvalue weighted by atomic mass is 32.2. The van der Waals surface area contributed by atoms with Crippen LogP contribution in [0.2, 0.25) is 0 Å². The Hall–Kier alpha value is -2.15. The largest absolute Gasteiger partial charge is 0.476 e. The highest BCUT2D eigenvalue weighted by Gasteiger charge is 2.23. The molecule has 23 heavy (non-hydrogen) atoms. The first-order valence-electron chi connectivity index (χ1n) is 7.46. The van der Waals surface area contributed by atoms with Crippen molar-refractivity contribution in [1.82, 2.24) is 9.97 Å². The standard InChI is InChI=1S/C16H19N3O3S/c1-23(20,21)15-4-2-14(3-5-15)19-9-6-13(11-19)12-22-16-10-17-7-8-18-16/h2-5,7-8,10,13H,6,9,11-12H2,1H3. The Morgan fingerprint density at radius 3 is 2.70 bits per heavy atom. The van der Waals surface area contributed by atoms with Crippen molar-refractivity contribution in [2.24, 2.45) is 5.92 Å². The second kappa shape index (κ2) is 6.54. The van der Waals surface area contributed by atoms with E-state index >= 15 is 0 Å². The van der Waals surface area contributed by atoms with Crippen LogP contribution in [0.5, 0.6) is 5.88 Å². The lowest BCUT2D eigenvalue weighted by atomic mass is 10.1. The minimum Gasteiger partial charge on any atom is -0.476 e. The van der Waals surface area contributed by atoms with E-state index in [9.17, 15) is 8.42 Å². The zero-order chi connectivity index (χ0) is 16.3. The number of ether oxygens (including phenoxy) is 1. The molecule has 1 aliphatic heterocycles. The Morgan fingerprint density at radius 1 is 1.26 bits per heavy atom. The molecule has 1 aromatic heterocycles. The Morgan fingerprint density at radius 2 is 2.04 bits per heavy atom. The normalized spacial score (nSPS) is 18.1. The van der Waals surface area contributed by atoms with E-state index in [0.29, 0.717) is 23.3 Å². The zero-order valence-corrected chi connectivity index (χ0v) is 13.7. The van der Waals surface area contributed by atoms with Crippen LogP contribution in [0.3, 0.4) is 0 Å². The molecule has 0 N–H and O–H groups in total. The SMILES string of the molecule is CS(=O)(=O)c1ccc(N2CCC(COc3cnccn3)C2)cc1. The van der Waals surface area contributed by atoms with Gasteiger partial charge in [-0.15, -0.1) is 0 Å². The molecule has 1 atom stereocenters. The van der Waals surface area contributed by atoms with Crippen LogP contribution in [0.1, 0.15) is 6.42 Å². The van der Waals surface area contributed by atoms with Crippen molar-refractivity contribution >= 4 is 15.5 Å². The predicted molar refractivity (Wildman–Crippen MR) is 87.4 cm³/mol. The van der Waals surface area contributed by atoms with Gasteiger partial charge in [0.05, 0.1) is 17.7 Å². The van der Waals surface area contributed by atoms with Crippen molar-refractivity contribution < 1.29 is 13.2 Å². The van der Waals surface area contributed by atoms with Crippen LogP contribution in [0.4, 0.5) is 5.69 Å². The molecule has 2 aromatic rings. The predicted octanol–water partition coefficient (Wildman–Crippen LogP) is 1.79. The molecular formula is C16H19N3O3S. The summed E-state index contributed by atoms with van der Waals surface area (Å²) in [5.74, 6) is 0.968. The van der Waals surface area contributed by atoms with Crippen LogP contribution in [-0.4, -0.2) is 44.3 Å². The average molecular weight is 333 g/mol. The van der Waals surface area contributed by atoms with Crippen molar-refractivity contribution in [1.29, 1.82) is 0 Å². The molecule has 7 heteroatoms. The maximum Gasteiger partial charge on any atom is 0.232 e. The molecule has 1 aliphatic rings. The van der Waals surface area contributed by atoms with Gasteiger partial charge in [-0.2, -0.15) is 0 Å². The number of aromatic nitrogens is 2. The van der Waals surface area contributed by atoms with E-state index in [4.69, 9.17) is 4.74 Å². The van der Waals surface area contributed by atoms with E-state index in [1.807, 2.05) is 12.1 Å². The lowest BCUT2D eigenvalue weighted by Gasteiger charge is -2.19. The van der Waals surface area contributed by atoms with Gasteiger partial charge in [0.1, 0.15) is 0 Å². The third-order valence-corrected chi connectivity index (χ3v) is 5.05. The van der Waals surface area contributed by atoms with Gasteiger partial charge in [0.2, 0.25) is 5.88 Å². The molecule has 0 spiro atoms. The fourth-order valence-electron chi connectivity index (χ4n) is 2.67. The highest BCUT2D eigenvalue weighted by Crippen LogP contribution is 2.25. The number of hydrogen-bond donors (Lipinski definition) is 0. The van der Waals surface area contributed by atoms with Gasteiger partial charge in [-0.3, -0.25) is 4.98 Å². The van der Waals surface area contributed by atoms with Gasteiger partial charge in [-0.1, -0.05) is 0 Å². The highest BCUT2D eigenvalue weighted by molar-refractivity contribution is 7.90. The van der Waals surface area contributed by atoms with Crippen molar-refractivity contribution in [2.45, 2.75) is 11.3 Å². The molecule has 1 fully saturated rings. The smallest absolute Gasteiger partial charge is 0.232 e. The number of rotatable bonds is 5. The van der Waals surface area contributed by atoms with Crippen LogP contribution in [-0.2, 0) is 9.84 Å². The van der Waals surface area contributed by atoms with E-state index in [1.54, 1.807) is 30.7 Å². The average Bonchev–Trinajstić information content (AvgIpc) is 3.02. The van der Waals surface area contributed by atoms with E-state index in [1.165, 1.54) is 6.26 Å². The van der Waals surface area contributed by atoms with Gasteiger partial charge in [-0.25, -0.2) is 13.4 Å². The second-order valence-electron chi connectivity index (χ2n) is 5.72. The first-order chi connectivity index (χ1) is 11.0. The molecule has 1 aromatic carbocycles. The fraction of sp³-hybridized carbons (Fsp3) is 0.375. The summed E-state index contributed by atoms with van der Waals surface area (Å²) in [7, 11) is -3.14. The molecule has 0 saturated carbocycles. The van der Waals surface area contributed by atoms with Gasteiger partial charge in [0.15, 0.2) is 9.84 Å². The van der Waals surface area contributed by atoms with Crippen LogP contribution in [0.25, 0.3) is 0 Å². The Labute approximate surface area is 136 Å². The number of nitrogens with zero attached hydrogens (tertiary/aromatic N) is 3. The fourth-order valence-corrected chi connectivity index (χ4v) is 3.30. The second-order valence-corrected chi connectivity index (χ2v) is 7.74. The van der Waals surface area contributed by atoms with Gasteiger partial charge >= 0.3 is 0 Å². The number of sulfone groups is 1. The molecular weight excluding hydrogens is 314 g/mol. The number of anilines is 1. The van der Waals surface area contributed by atoms with Crippen LogP contribution >= 0.6 is 0 Å². The summed E-state index contributed by atoms with van der Waals surface area (Å²) in [6.07, 6.45) is 7.09. The molecule has 1 saturated heterocycles. The molecule has 1 unspecified atom stereocenters. The van der Waals surface area contributed by atoms with Crippen molar-refractivity contribution in [3.63, 3.8) is 0 Å². The summed E-state index contributed by atoms with van der Waals surface area (Å²) < 4.78 is 28.7. The van der Waals surface area contributed by atoms with Crippen LogP contribution in [0, 0.1) is 5.92 Å². The van der Waals surface area contributed by atoms with Gasteiger partial charge < -0.3 is 9.64 Å². The van der Waals surface area contributed by atoms with Crippen molar-refractivity contribution in [2.75, 3.05) is 30.9 Å². The van der Waals surface area contributed by atoms with Crippen molar-refractivity contribution in [3.05, 3.63) is 42.9 Å². The van der Waals surface area contributed by atoms with E-state index < -0.39 is 9.84 Å². The third-order valence-electron chi connectivity index (χ3n) is 3.92. The summed E-state index contributed by atoms with van der Waals surface area (Å²) in [5.41, 5.74) is 1.04. The number of benzene rings is 1. The van der Waals surface area contributed by atoms with Crippen LogP contribution in [0.15, 0.2) is 47.8 Å². The topological polar surface area (TPSA) is 72.4 Å². The molecule has 0 bridgehead atoms. The molecule has 3 rings (SSSR count). The maximum absolute atomic E-state index is 11.5. The van der Waals surface area contributed by atoms with Gasteiger partial charge in [0.25, 0.3) is 0 Å². The number of hydrogen-bond acceptors (Lipinski definition) is 6. The Balaban J connectivity index is 1.57. The van der Waals surface area contributed by atoms with Gasteiger partial charge in [0, 0.05) is 43.3 Å². The van der Waals surface area contributed by atoms with Gasteiger partial charge in [-0.05, 0) is 30.7 Å². The van der Waals surface area contributed by atoms with E-state index in [-0.39, 0.29) is 0 Å². The van der Waals surface area contributed by atoms with Crippen molar-refractivity contribution in [3.8, 4) is 5.88 Å². The summed E-state index contributed by atoms with van der Waals surface area (Å²) in [5, 5.41) is 0. The molecule has 0 radical (unpaired) electrons. The summed E-state index contributed by atoms with van der Waals surface area (Å²) in [6.45, 7) is 2.43. The van der Waals surface area contributed by atoms with E-state index in [2.05, 4.69) is 14.9 Å². The first kappa shape index (κ1) is 15.7. The lowest BCUT2D eigenvalue weighted by molar-refractivity contribution is 0.251. The molecule has 2 heterocycles. The maximum atomic E-state index is 11.5. The van der Waals surface area contributed by atoms with E-state index in [0.717, 1.165) is 25.2 Å². The minimum absolute atomic E-state index is 0.350. The quantitative estimate of drug-likeness (QED) is 0.830. The zero-order valence-electron chi connectivity index (χ0n) is 12.9. The third kappa shape index (κ3) is 3.98. The summed E-state index contributed by atoms with van der Waals surface area (Å²) in [6, 6.07) is 7.05. The molecule has 0 aliphatic carbocycles. The van der Waals surface area contributed by atoms with Crippen LogP contribution < -0.4 is 9.64 Å². The summed E-state index contributed by atoms with van der Waals surface area (Å²) >= 11 is 0. The molecule has 0 amide bonds. The minimum atomic E-state index is -3.14. The monoisotopic (exact) mass is 333 g/mol. The Kier molecular flexibility index (Phi) is 4.47. The lowest BCUT2D eigenvalue weighted by Crippen LogP contribution is -2.22.